The zero-order chi connectivity index (χ0) is 36.0. The van der Waals surface area contributed by atoms with E-state index in [4.69, 9.17) is 25.8 Å². The van der Waals surface area contributed by atoms with Crippen molar-refractivity contribution in [3.8, 4) is 17.2 Å². The average Bonchev–Trinajstić information content (AvgIpc) is 3.16. The minimum absolute atomic E-state index is 0.127. The summed E-state index contributed by atoms with van der Waals surface area (Å²) in [5, 5.41) is 11.4. The van der Waals surface area contributed by atoms with Crippen LogP contribution < -0.4 is 19.1 Å². The van der Waals surface area contributed by atoms with Gasteiger partial charge in [0.2, 0.25) is 10.0 Å². The van der Waals surface area contributed by atoms with Crippen molar-refractivity contribution in [2.24, 2.45) is 23.7 Å². The smallest absolute Gasteiger partial charge is 0.243 e. The Bertz CT molecular complexity index is 1760. The predicted molar refractivity (Wildman–Crippen MR) is 203 cm³/mol. The number of allylic oxidation sites excluding steroid dienone is 3. The highest BCUT2D eigenvalue weighted by atomic mass is 35.5. The van der Waals surface area contributed by atoms with Crippen LogP contribution in [0.25, 0.3) is 0 Å². The minimum Gasteiger partial charge on any atom is -0.497 e. The fraction of sp³-hybridized carbons (Fsp3) is 0.415. The molecule has 1 aliphatic heterocycles. The van der Waals surface area contributed by atoms with Crippen molar-refractivity contribution in [2.75, 3.05) is 38.8 Å². The van der Waals surface area contributed by atoms with Crippen LogP contribution in [-0.4, -0.2) is 57.8 Å². The van der Waals surface area contributed by atoms with E-state index >= 15 is 0 Å². The summed E-state index contributed by atoms with van der Waals surface area (Å²) < 4.78 is 48.3. The first-order chi connectivity index (χ1) is 24.7. The molecule has 3 aromatic rings. The van der Waals surface area contributed by atoms with Gasteiger partial charge >= 0.3 is 0 Å². The molecule has 8 nitrogen and oxygen atoms in total. The molecule has 0 amide bonds. The van der Waals surface area contributed by atoms with Gasteiger partial charge in [-0.3, -0.25) is 0 Å². The largest absolute Gasteiger partial charge is 0.497 e. The number of sulfonamides is 1. The third kappa shape index (κ3) is 8.83. The lowest BCUT2D eigenvalue weighted by molar-refractivity contribution is 0.0465. The Labute approximate surface area is 308 Å². The molecular formula is C41H49ClN2O6S. The van der Waals surface area contributed by atoms with Gasteiger partial charge in [0.05, 0.1) is 37.5 Å². The van der Waals surface area contributed by atoms with Crippen LogP contribution in [-0.2, 0) is 23.1 Å². The minimum atomic E-state index is -4.00. The van der Waals surface area contributed by atoms with Crippen LogP contribution in [0.1, 0.15) is 43.2 Å². The number of benzene rings is 3. The van der Waals surface area contributed by atoms with E-state index < -0.39 is 16.1 Å². The van der Waals surface area contributed by atoms with E-state index in [0.29, 0.717) is 30.4 Å². The molecule has 1 saturated carbocycles. The fourth-order valence-corrected chi connectivity index (χ4v) is 9.07. The number of rotatable bonds is 12. The number of nitrogens with zero attached hydrogens (tertiary/aromatic N) is 2. The summed E-state index contributed by atoms with van der Waals surface area (Å²) in [6.45, 7) is 6.05. The molecule has 0 saturated heterocycles. The van der Waals surface area contributed by atoms with Gasteiger partial charge < -0.3 is 24.2 Å². The molecule has 3 aliphatic rings. The molecular weight excluding hydrogens is 684 g/mol. The molecule has 1 N–H and O–H groups in total. The first-order valence-electron chi connectivity index (χ1n) is 17.8. The molecule has 0 bridgehead atoms. The van der Waals surface area contributed by atoms with Gasteiger partial charge in [-0.05, 0) is 103 Å². The van der Waals surface area contributed by atoms with Crippen LogP contribution in [0.4, 0.5) is 5.69 Å². The van der Waals surface area contributed by atoms with E-state index in [1.165, 1.54) is 4.31 Å². The molecule has 2 unspecified atom stereocenters. The number of methoxy groups -OCH3 is 2. The Hall–Kier alpha value is -3.76. The fourth-order valence-electron chi connectivity index (χ4n) is 7.40. The summed E-state index contributed by atoms with van der Waals surface area (Å²) in [5.74, 6) is 2.89. The lowest BCUT2D eigenvalue weighted by atomic mass is 9.70. The van der Waals surface area contributed by atoms with Gasteiger partial charge in [0.15, 0.2) is 0 Å². The van der Waals surface area contributed by atoms with Crippen LogP contribution in [0, 0.1) is 23.7 Å². The molecule has 51 heavy (non-hydrogen) atoms. The number of hydrogen-bond donors (Lipinski definition) is 1. The summed E-state index contributed by atoms with van der Waals surface area (Å²) in [7, 11) is -0.784. The number of halogens is 1. The van der Waals surface area contributed by atoms with Crippen molar-refractivity contribution in [2.45, 2.75) is 56.2 Å². The maximum atomic E-state index is 14.7. The van der Waals surface area contributed by atoms with Gasteiger partial charge in [-0.25, -0.2) is 8.42 Å². The number of aliphatic hydroxyl groups is 1. The second-order valence-corrected chi connectivity index (χ2v) is 16.2. The molecule has 3 aromatic carbocycles. The van der Waals surface area contributed by atoms with Crippen LogP contribution in [0.15, 0.2) is 108 Å². The van der Waals surface area contributed by atoms with Crippen molar-refractivity contribution >= 4 is 27.3 Å². The number of hydrogen-bond acceptors (Lipinski definition) is 7. The first-order valence-corrected chi connectivity index (χ1v) is 19.6. The van der Waals surface area contributed by atoms with E-state index in [1.807, 2.05) is 60.7 Å². The van der Waals surface area contributed by atoms with E-state index in [1.54, 1.807) is 32.4 Å². The molecule has 0 spiro atoms. The quantitative estimate of drug-likeness (QED) is 0.189. The Morgan fingerprint density at radius 1 is 0.961 bits per heavy atom. The van der Waals surface area contributed by atoms with Crippen LogP contribution >= 0.6 is 11.6 Å². The van der Waals surface area contributed by atoms with E-state index in [0.717, 1.165) is 60.5 Å². The number of fused-ring (bicyclic) bond motifs is 2. The summed E-state index contributed by atoms with van der Waals surface area (Å²) in [4.78, 5) is 2.49. The standard InChI is InChI=1S/C41H49ClN2O6S/c1-4-40(45)38-20-13-32(38)27-43-22-6-5-7-31-23-34(42)14-12-33(31)28-50-41-21-19-37(24-39(41)43)51(46,47)44(25-29-8-15-35(48-2)16-9-29)26-30-10-17-36(49-3)18-11-30/h4,8-12,14-19,21,23-24,31-33,38,40,45H,1,5-7,13,20,22,25-28H2,2-3H3/t31?,32-,33?,38+,40-/m0/s1. The van der Waals surface area contributed by atoms with Crippen LogP contribution in [0.2, 0.25) is 0 Å². The van der Waals surface area contributed by atoms with Gasteiger partial charge in [-0.2, -0.15) is 4.31 Å². The van der Waals surface area contributed by atoms with E-state index in [9.17, 15) is 13.5 Å². The topological polar surface area (TPSA) is 88.5 Å². The molecule has 1 heterocycles. The Morgan fingerprint density at radius 3 is 2.22 bits per heavy atom. The van der Waals surface area contributed by atoms with Crippen LogP contribution in [0.3, 0.4) is 0 Å². The second-order valence-electron chi connectivity index (χ2n) is 13.8. The summed E-state index contributed by atoms with van der Waals surface area (Å²) in [6, 6.07) is 20.2. The maximum Gasteiger partial charge on any atom is 0.243 e. The highest BCUT2D eigenvalue weighted by molar-refractivity contribution is 7.89. The monoisotopic (exact) mass is 732 g/mol. The molecule has 2 aliphatic carbocycles. The summed E-state index contributed by atoms with van der Waals surface area (Å²) >= 11 is 6.41. The van der Waals surface area contributed by atoms with Gasteiger partial charge in [-0.1, -0.05) is 60.5 Å². The Kier molecular flexibility index (Phi) is 12.1. The van der Waals surface area contributed by atoms with Crippen molar-refractivity contribution in [1.82, 2.24) is 4.31 Å². The average molecular weight is 733 g/mol. The lowest BCUT2D eigenvalue weighted by Gasteiger charge is -2.42. The van der Waals surface area contributed by atoms with Crippen molar-refractivity contribution in [3.63, 3.8) is 0 Å². The lowest BCUT2D eigenvalue weighted by Crippen LogP contribution is -2.43. The molecule has 10 heteroatoms. The Morgan fingerprint density at radius 2 is 1.63 bits per heavy atom. The molecule has 1 fully saturated rings. The third-order valence-electron chi connectivity index (χ3n) is 10.6. The van der Waals surface area contributed by atoms with Crippen molar-refractivity contribution < 1.29 is 27.7 Å². The highest BCUT2D eigenvalue weighted by Crippen LogP contribution is 2.42. The molecule has 272 valence electrons. The van der Waals surface area contributed by atoms with Gasteiger partial charge in [0, 0.05) is 37.1 Å². The maximum absolute atomic E-state index is 14.7. The first kappa shape index (κ1) is 37.0. The van der Waals surface area contributed by atoms with Crippen LogP contribution in [0.5, 0.6) is 17.2 Å². The third-order valence-corrected chi connectivity index (χ3v) is 12.7. The molecule has 0 radical (unpaired) electrons. The molecule has 5 atom stereocenters. The number of ether oxygens (including phenoxy) is 3. The molecule has 0 aromatic heterocycles. The SMILES string of the molecule is C=C[C@H](O)[C@@H]1CC[C@H]1CN1CCCCC2C=C(Cl)C=CC2COc2ccc(S(=O)(=O)N(Cc3ccc(OC)cc3)Cc3ccc(OC)cc3)cc21. The summed E-state index contributed by atoms with van der Waals surface area (Å²) in [5.41, 5.74) is 2.44. The van der Waals surface area contributed by atoms with E-state index in [-0.39, 0.29) is 41.7 Å². The number of anilines is 1. The van der Waals surface area contributed by atoms with E-state index in [2.05, 4.69) is 23.6 Å². The second kappa shape index (κ2) is 16.7. The summed E-state index contributed by atoms with van der Waals surface area (Å²) in [6.07, 6.45) is 12.1. The number of aliphatic hydroxyl groups excluding tert-OH is 1. The zero-order valence-electron chi connectivity index (χ0n) is 29.5. The highest BCUT2D eigenvalue weighted by Gasteiger charge is 2.37. The van der Waals surface area contributed by atoms with Gasteiger partial charge in [0.25, 0.3) is 0 Å². The normalized spacial score (nSPS) is 22.7. The van der Waals surface area contributed by atoms with Crippen molar-refractivity contribution in [3.05, 3.63) is 114 Å². The predicted octanol–water partition coefficient (Wildman–Crippen LogP) is 7.96. The molecule has 6 rings (SSSR count). The zero-order valence-corrected chi connectivity index (χ0v) is 31.1. The Balaban J connectivity index is 1.37. The van der Waals surface area contributed by atoms with Gasteiger partial charge in [-0.15, -0.1) is 6.58 Å². The van der Waals surface area contributed by atoms with Gasteiger partial charge in [0.1, 0.15) is 17.2 Å². The van der Waals surface area contributed by atoms with Crippen molar-refractivity contribution in [1.29, 1.82) is 0 Å².